The molecule has 140 valence electrons. The average molecular weight is 379 g/mol. The topological polar surface area (TPSA) is 87.3 Å². The molecule has 0 saturated heterocycles. The van der Waals surface area contributed by atoms with Crippen molar-refractivity contribution in [3.05, 3.63) is 53.8 Å². The molecule has 1 amide bonds. The van der Waals surface area contributed by atoms with Crippen LogP contribution in [0.5, 0.6) is 0 Å². The van der Waals surface area contributed by atoms with Gasteiger partial charge in [0, 0.05) is 11.4 Å². The largest absolute Gasteiger partial charge is 0.374 e. The Morgan fingerprint density at radius 1 is 1.15 bits per heavy atom. The van der Waals surface area contributed by atoms with Crippen molar-refractivity contribution in [3.8, 4) is 0 Å². The summed E-state index contributed by atoms with van der Waals surface area (Å²) < 4.78 is 39.0. The van der Waals surface area contributed by atoms with Crippen LogP contribution in [-0.2, 0) is 14.8 Å². The first-order valence-corrected chi connectivity index (χ1v) is 9.79. The number of hydrogen-bond acceptors (Lipinski definition) is 4. The molecule has 0 aliphatic heterocycles. The highest BCUT2D eigenvalue weighted by molar-refractivity contribution is 7.92. The van der Waals surface area contributed by atoms with Gasteiger partial charge in [-0.05, 0) is 62.7 Å². The van der Waals surface area contributed by atoms with Crippen LogP contribution in [-0.4, -0.2) is 26.1 Å². The number of hydrogen-bond donors (Lipinski definition) is 3. The monoisotopic (exact) mass is 379 g/mol. The Hall–Kier alpha value is -2.61. The lowest BCUT2D eigenvalue weighted by atomic mass is 10.1. The molecule has 0 heterocycles. The Labute approximate surface area is 152 Å². The summed E-state index contributed by atoms with van der Waals surface area (Å²) in [4.78, 5) is 12.2. The number of aryl methyl sites for hydroxylation is 1. The molecule has 2 aromatic carbocycles. The van der Waals surface area contributed by atoms with E-state index in [-0.39, 0.29) is 11.7 Å². The van der Waals surface area contributed by atoms with E-state index in [2.05, 4.69) is 15.4 Å². The number of benzene rings is 2. The maximum Gasteiger partial charge on any atom is 0.246 e. The third-order valence-electron chi connectivity index (χ3n) is 3.74. The van der Waals surface area contributed by atoms with Gasteiger partial charge < -0.3 is 10.6 Å². The van der Waals surface area contributed by atoms with E-state index < -0.39 is 21.9 Å². The molecule has 0 spiro atoms. The molecule has 0 saturated carbocycles. The number of nitrogens with one attached hydrogen (secondary N) is 3. The Bertz CT molecular complexity index is 900. The standard InChI is InChI=1S/C18H22FN3O3S/c1-4-26(24,25)22-17-9-8-16(10-12(17)2)20-13(3)18(23)21-15-7-5-6-14(19)11-15/h5-11,13,20,22H,4H2,1-3H3,(H,21,23). The fraction of sp³-hybridized carbons (Fsp3) is 0.278. The van der Waals surface area contributed by atoms with Gasteiger partial charge in [-0.2, -0.15) is 0 Å². The predicted molar refractivity (Wildman–Crippen MR) is 102 cm³/mol. The molecular weight excluding hydrogens is 357 g/mol. The van der Waals surface area contributed by atoms with E-state index >= 15 is 0 Å². The van der Waals surface area contributed by atoms with Gasteiger partial charge in [0.05, 0.1) is 11.4 Å². The summed E-state index contributed by atoms with van der Waals surface area (Å²) in [5.74, 6) is -0.753. The second-order valence-corrected chi connectivity index (χ2v) is 7.91. The minimum absolute atomic E-state index is 0.0102. The lowest BCUT2D eigenvalue weighted by Crippen LogP contribution is -2.31. The van der Waals surface area contributed by atoms with Crippen molar-refractivity contribution in [2.45, 2.75) is 26.8 Å². The fourth-order valence-electron chi connectivity index (χ4n) is 2.24. The molecule has 0 aliphatic rings. The molecule has 1 unspecified atom stereocenters. The Morgan fingerprint density at radius 2 is 1.88 bits per heavy atom. The predicted octanol–water partition coefficient (Wildman–Crippen LogP) is 3.33. The molecular formula is C18H22FN3O3S. The Kier molecular flexibility index (Phi) is 6.20. The maximum atomic E-state index is 13.2. The lowest BCUT2D eigenvalue weighted by molar-refractivity contribution is -0.116. The SMILES string of the molecule is CCS(=O)(=O)Nc1ccc(NC(C)C(=O)Nc2cccc(F)c2)cc1C. The number of carbonyl (C=O) groups excluding carboxylic acids is 1. The molecule has 3 N–H and O–H groups in total. The highest BCUT2D eigenvalue weighted by Crippen LogP contribution is 2.21. The Balaban J connectivity index is 2.03. The molecule has 1 atom stereocenters. The summed E-state index contributed by atoms with van der Waals surface area (Å²) in [5, 5.41) is 5.67. The number of rotatable bonds is 7. The second-order valence-electron chi connectivity index (χ2n) is 5.90. The molecule has 2 aromatic rings. The molecule has 0 bridgehead atoms. The summed E-state index contributed by atoms with van der Waals surface area (Å²) in [7, 11) is -3.35. The highest BCUT2D eigenvalue weighted by Gasteiger charge is 2.14. The first kappa shape index (κ1) is 19.7. The second kappa shape index (κ2) is 8.18. The van der Waals surface area contributed by atoms with Gasteiger partial charge in [0.2, 0.25) is 15.9 Å². The molecule has 0 aliphatic carbocycles. The van der Waals surface area contributed by atoms with E-state index in [1.165, 1.54) is 18.2 Å². The molecule has 0 aromatic heterocycles. The van der Waals surface area contributed by atoms with Gasteiger partial charge in [-0.15, -0.1) is 0 Å². The van der Waals surface area contributed by atoms with Crippen LogP contribution in [0.25, 0.3) is 0 Å². The van der Waals surface area contributed by atoms with Gasteiger partial charge >= 0.3 is 0 Å². The summed E-state index contributed by atoms with van der Waals surface area (Å²) in [6.07, 6.45) is 0. The van der Waals surface area contributed by atoms with Crippen LogP contribution in [0, 0.1) is 12.7 Å². The fourth-order valence-corrected chi connectivity index (χ4v) is 2.95. The van der Waals surface area contributed by atoms with Crippen molar-refractivity contribution in [1.29, 1.82) is 0 Å². The van der Waals surface area contributed by atoms with Crippen molar-refractivity contribution in [2.24, 2.45) is 0 Å². The number of anilines is 3. The summed E-state index contributed by atoms with van der Waals surface area (Å²) in [6.45, 7) is 5.01. The third-order valence-corrected chi connectivity index (χ3v) is 5.03. The van der Waals surface area contributed by atoms with Gasteiger partial charge in [0.1, 0.15) is 11.9 Å². The zero-order valence-corrected chi connectivity index (χ0v) is 15.7. The van der Waals surface area contributed by atoms with E-state index in [1.807, 2.05) is 0 Å². The summed E-state index contributed by atoms with van der Waals surface area (Å²) in [5.41, 5.74) is 2.27. The van der Waals surface area contributed by atoms with Gasteiger partial charge in [0.15, 0.2) is 0 Å². The van der Waals surface area contributed by atoms with Crippen LogP contribution in [0.1, 0.15) is 19.4 Å². The molecule has 2 rings (SSSR count). The van der Waals surface area contributed by atoms with Crippen molar-refractivity contribution in [1.82, 2.24) is 0 Å². The molecule has 0 radical (unpaired) electrons. The molecule has 26 heavy (non-hydrogen) atoms. The van der Waals surface area contributed by atoms with Gasteiger partial charge in [-0.1, -0.05) is 6.07 Å². The van der Waals surface area contributed by atoms with Crippen molar-refractivity contribution >= 4 is 33.0 Å². The van der Waals surface area contributed by atoms with Crippen molar-refractivity contribution in [3.63, 3.8) is 0 Å². The quantitative estimate of drug-likeness (QED) is 0.689. The number of halogens is 1. The normalized spacial score (nSPS) is 12.3. The zero-order valence-electron chi connectivity index (χ0n) is 14.8. The lowest BCUT2D eigenvalue weighted by Gasteiger charge is -2.17. The van der Waals surface area contributed by atoms with Gasteiger partial charge in [0.25, 0.3) is 0 Å². The third kappa shape index (κ3) is 5.45. The van der Waals surface area contributed by atoms with Crippen molar-refractivity contribution < 1.29 is 17.6 Å². The van der Waals surface area contributed by atoms with E-state index in [4.69, 9.17) is 0 Å². The molecule has 8 heteroatoms. The zero-order chi connectivity index (χ0) is 19.3. The molecule has 0 fully saturated rings. The van der Waals surface area contributed by atoms with Crippen LogP contribution in [0.4, 0.5) is 21.5 Å². The van der Waals surface area contributed by atoms with Gasteiger partial charge in [-0.25, -0.2) is 12.8 Å². The van der Waals surface area contributed by atoms with Gasteiger partial charge in [-0.3, -0.25) is 9.52 Å². The Morgan fingerprint density at radius 3 is 2.50 bits per heavy atom. The molecule has 6 nitrogen and oxygen atoms in total. The van der Waals surface area contributed by atoms with E-state index in [0.29, 0.717) is 17.1 Å². The minimum Gasteiger partial charge on any atom is -0.374 e. The summed E-state index contributed by atoms with van der Waals surface area (Å²) in [6, 6.07) is 10.2. The van der Waals surface area contributed by atoms with Crippen LogP contribution in [0.15, 0.2) is 42.5 Å². The van der Waals surface area contributed by atoms with Crippen LogP contribution < -0.4 is 15.4 Å². The van der Waals surface area contributed by atoms with Crippen LogP contribution in [0.3, 0.4) is 0 Å². The number of sulfonamides is 1. The maximum absolute atomic E-state index is 13.2. The van der Waals surface area contributed by atoms with E-state index in [0.717, 1.165) is 5.56 Å². The van der Waals surface area contributed by atoms with E-state index in [1.54, 1.807) is 45.0 Å². The van der Waals surface area contributed by atoms with E-state index in [9.17, 15) is 17.6 Å². The average Bonchev–Trinajstić information content (AvgIpc) is 2.57. The first-order valence-electron chi connectivity index (χ1n) is 8.14. The summed E-state index contributed by atoms with van der Waals surface area (Å²) >= 11 is 0. The number of amides is 1. The number of carbonyl (C=O) groups is 1. The first-order chi connectivity index (χ1) is 12.2. The highest BCUT2D eigenvalue weighted by atomic mass is 32.2. The minimum atomic E-state index is -3.35. The smallest absolute Gasteiger partial charge is 0.246 e. The van der Waals surface area contributed by atoms with Crippen LogP contribution in [0.2, 0.25) is 0 Å². The van der Waals surface area contributed by atoms with Crippen LogP contribution >= 0.6 is 0 Å². The van der Waals surface area contributed by atoms with Crippen molar-refractivity contribution in [2.75, 3.05) is 21.1 Å².